The Bertz CT molecular complexity index is 476. The van der Waals surface area contributed by atoms with E-state index in [-0.39, 0.29) is 6.04 Å². The van der Waals surface area contributed by atoms with Crippen LogP contribution in [-0.2, 0) is 6.54 Å². The zero-order valence-electron chi connectivity index (χ0n) is 10.4. The van der Waals surface area contributed by atoms with Crippen molar-refractivity contribution in [3.05, 3.63) is 47.1 Å². The Morgan fingerprint density at radius 3 is 2.53 bits per heavy atom. The summed E-state index contributed by atoms with van der Waals surface area (Å²) in [6, 6.07) is 8.77. The summed E-state index contributed by atoms with van der Waals surface area (Å²) >= 11 is 0. The molecular formula is C13H17N3O. The van der Waals surface area contributed by atoms with Crippen molar-refractivity contribution in [2.24, 2.45) is 0 Å². The van der Waals surface area contributed by atoms with Crippen LogP contribution in [0.15, 0.2) is 28.8 Å². The largest absolute Gasteiger partial charge is 0.340 e. The molecule has 90 valence electrons. The lowest BCUT2D eigenvalue weighted by molar-refractivity contribution is 0.384. The molecule has 17 heavy (non-hydrogen) atoms. The molecule has 0 aliphatic carbocycles. The summed E-state index contributed by atoms with van der Waals surface area (Å²) in [7, 11) is 0. The second-order valence-electron chi connectivity index (χ2n) is 4.24. The standard InChI is InChI=1S/C13H17N3O/c1-9-4-6-12(7-5-9)10(2)14-8-13-15-11(3)17-16-13/h4-7,10,14H,8H2,1-3H3/t10-/m1/s1. The number of hydrogen-bond donors (Lipinski definition) is 1. The monoisotopic (exact) mass is 231 g/mol. The van der Waals surface area contributed by atoms with Crippen molar-refractivity contribution in [3.63, 3.8) is 0 Å². The highest BCUT2D eigenvalue weighted by Gasteiger charge is 2.07. The first-order valence-electron chi connectivity index (χ1n) is 5.74. The van der Waals surface area contributed by atoms with E-state index >= 15 is 0 Å². The van der Waals surface area contributed by atoms with E-state index in [0.29, 0.717) is 18.3 Å². The molecule has 0 spiro atoms. The summed E-state index contributed by atoms with van der Waals surface area (Å²) in [6.45, 7) is 6.62. The van der Waals surface area contributed by atoms with Crippen LogP contribution >= 0.6 is 0 Å². The van der Waals surface area contributed by atoms with E-state index in [4.69, 9.17) is 4.52 Å². The zero-order valence-corrected chi connectivity index (χ0v) is 10.4. The molecule has 0 unspecified atom stereocenters. The lowest BCUT2D eigenvalue weighted by Gasteiger charge is -2.12. The quantitative estimate of drug-likeness (QED) is 0.878. The van der Waals surface area contributed by atoms with Gasteiger partial charge in [-0.3, -0.25) is 0 Å². The minimum absolute atomic E-state index is 0.273. The summed E-state index contributed by atoms with van der Waals surface area (Å²) < 4.78 is 4.92. The smallest absolute Gasteiger partial charge is 0.223 e. The van der Waals surface area contributed by atoms with Crippen LogP contribution in [0.1, 0.15) is 35.8 Å². The number of nitrogens with one attached hydrogen (secondary N) is 1. The van der Waals surface area contributed by atoms with Crippen molar-refractivity contribution < 1.29 is 4.52 Å². The molecular weight excluding hydrogens is 214 g/mol. The average molecular weight is 231 g/mol. The average Bonchev–Trinajstić information content (AvgIpc) is 2.73. The van der Waals surface area contributed by atoms with Gasteiger partial charge in [0.05, 0.1) is 6.54 Å². The van der Waals surface area contributed by atoms with Crippen LogP contribution in [0, 0.1) is 13.8 Å². The van der Waals surface area contributed by atoms with Gasteiger partial charge in [-0.15, -0.1) is 0 Å². The van der Waals surface area contributed by atoms with E-state index in [1.807, 2.05) is 0 Å². The lowest BCUT2D eigenvalue weighted by atomic mass is 10.1. The van der Waals surface area contributed by atoms with Gasteiger partial charge in [0.1, 0.15) is 0 Å². The van der Waals surface area contributed by atoms with Crippen LogP contribution in [0.3, 0.4) is 0 Å². The number of aryl methyl sites for hydroxylation is 2. The van der Waals surface area contributed by atoms with Crippen molar-refractivity contribution in [2.45, 2.75) is 33.4 Å². The Kier molecular flexibility index (Phi) is 3.54. The highest BCUT2D eigenvalue weighted by molar-refractivity contribution is 5.23. The normalized spacial score (nSPS) is 12.6. The molecule has 0 fully saturated rings. The molecule has 2 rings (SSSR count). The fraction of sp³-hybridized carbons (Fsp3) is 0.385. The molecule has 0 radical (unpaired) electrons. The molecule has 0 bridgehead atoms. The molecule has 1 aromatic heterocycles. The van der Waals surface area contributed by atoms with Crippen molar-refractivity contribution in [1.82, 2.24) is 15.5 Å². The van der Waals surface area contributed by atoms with Crippen LogP contribution in [-0.4, -0.2) is 10.1 Å². The van der Waals surface area contributed by atoms with Crippen molar-refractivity contribution in [3.8, 4) is 0 Å². The SMILES string of the molecule is Cc1ccc([C@@H](C)NCc2noc(C)n2)cc1. The molecule has 0 saturated heterocycles. The maximum Gasteiger partial charge on any atom is 0.223 e. The predicted octanol–water partition coefficient (Wildman–Crippen LogP) is 2.54. The van der Waals surface area contributed by atoms with Gasteiger partial charge < -0.3 is 9.84 Å². The van der Waals surface area contributed by atoms with E-state index in [1.165, 1.54) is 11.1 Å². The first-order valence-corrected chi connectivity index (χ1v) is 5.74. The van der Waals surface area contributed by atoms with Crippen LogP contribution in [0.4, 0.5) is 0 Å². The molecule has 0 aliphatic heterocycles. The van der Waals surface area contributed by atoms with Crippen LogP contribution in [0.2, 0.25) is 0 Å². The number of hydrogen-bond acceptors (Lipinski definition) is 4. The van der Waals surface area contributed by atoms with E-state index in [0.717, 1.165) is 0 Å². The van der Waals surface area contributed by atoms with Gasteiger partial charge in [-0.05, 0) is 19.4 Å². The summed E-state index contributed by atoms with van der Waals surface area (Å²) in [6.07, 6.45) is 0. The third-order valence-electron chi connectivity index (χ3n) is 2.71. The second kappa shape index (κ2) is 5.10. The van der Waals surface area contributed by atoms with E-state index in [2.05, 4.69) is 53.6 Å². The Labute approximate surface area is 101 Å². The second-order valence-corrected chi connectivity index (χ2v) is 4.24. The fourth-order valence-electron chi connectivity index (χ4n) is 1.63. The molecule has 1 atom stereocenters. The molecule has 0 amide bonds. The maximum absolute atomic E-state index is 4.92. The van der Waals surface area contributed by atoms with Gasteiger partial charge >= 0.3 is 0 Å². The summed E-state index contributed by atoms with van der Waals surface area (Å²) in [5.41, 5.74) is 2.53. The van der Waals surface area contributed by atoms with Crippen molar-refractivity contribution in [1.29, 1.82) is 0 Å². The third kappa shape index (κ3) is 3.14. The molecule has 1 N–H and O–H groups in total. The summed E-state index contributed by atoms with van der Waals surface area (Å²) in [5, 5.41) is 7.21. The molecule has 1 heterocycles. The minimum atomic E-state index is 0.273. The van der Waals surface area contributed by atoms with Crippen molar-refractivity contribution in [2.75, 3.05) is 0 Å². The number of nitrogens with zero attached hydrogens (tertiary/aromatic N) is 2. The third-order valence-corrected chi connectivity index (χ3v) is 2.71. The molecule has 0 aliphatic rings. The highest BCUT2D eigenvalue weighted by Crippen LogP contribution is 2.13. The van der Waals surface area contributed by atoms with Gasteiger partial charge in [-0.25, -0.2) is 0 Å². The lowest BCUT2D eigenvalue weighted by Crippen LogP contribution is -2.18. The van der Waals surface area contributed by atoms with Gasteiger partial charge in [0.2, 0.25) is 5.89 Å². The predicted molar refractivity (Wildman–Crippen MR) is 65.5 cm³/mol. The minimum Gasteiger partial charge on any atom is -0.340 e. The first-order chi connectivity index (χ1) is 8.15. The van der Waals surface area contributed by atoms with Gasteiger partial charge in [0, 0.05) is 13.0 Å². The van der Waals surface area contributed by atoms with Gasteiger partial charge in [0.15, 0.2) is 5.82 Å². The zero-order chi connectivity index (χ0) is 12.3. The Hall–Kier alpha value is -1.68. The van der Waals surface area contributed by atoms with Gasteiger partial charge in [-0.2, -0.15) is 4.98 Å². The first kappa shape index (κ1) is 11.8. The van der Waals surface area contributed by atoms with Crippen LogP contribution < -0.4 is 5.32 Å². The number of rotatable bonds is 4. The fourth-order valence-corrected chi connectivity index (χ4v) is 1.63. The molecule has 4 heteroatoms. The summed E-state index contributed by atoms with van der Waals surface area (Å²) in [5.74, 6) is 1.30. The Morgan fingerprint density at radius 1 is 1.24 bits per heavy atom. The Morgan fingerprint density at radius 2 is 1.94 bits per heavy atom. The molecule has 2 aromatic rings. The van der Waals surface area contributed by atoms with Crippen molar-refractivity contribution >= 4 is 0 Å². The van der Waals surface area contributed by atoms with Crippen LogP contribution in [0.5, 0.6) is 0 Å². The molecule has 4 nitrogen and oxygen atoms in total. The van der Waals surface area contributed by atoms with E-state index in [9.17, 15) is 0 Å². The number of benzene rings is 1. The highest BCUT2D eigenvalue weighted by atomic mass is 16.5. The molecule has 0 saturated carbocycles. The van der Waals surface area contributed by atoms with Crippen LogP contribution in [0.25, 0.3) is 0 Å². The van der Waals surface area contributed by atoms with Gasteiger partial charge in [0.25, 0.3) is 0 Å². The Balaban J connectivity index is 1.93. The summed E-state index contributed by atoms with van der Waals surface area (Å²) in [4.78, 5) is 4.15. The molecule has 1 aromatic carbocycles. The van der Waals surface area contributed by atoms with Gasteiger partial charge in [-0.1, -0.05) is 35.0 Å². The topological polar surface area (TPSA) is 51.0 Å². The van der Waals surface area contributed by atoms with E-state index in [1.54, 1.807) is 6.92 Å². The van der Waals surface area contributed by atoms with E-state index < -0.39 is 0 Å². The maximum atomic E-state index is 4.92. The number of aromatic nitrogens is 2.